The third-order valence-electron chi connectivity index (χ3n) is 5.82. The number of pyridine rings is 1. The van der Waals surface area contributed by atoms with Crippen molar-refractivity contribution in [3.63, 3.8) is 0 Å². The summed E-state index contributed by atoms with van der Waals surface area (Å²) in [7, 11) is -0.596. The minimum atomic E-state index is -3.59. The highest BCUT2D eigenvalue weighted by atomic mass is 32.2. The minimum absolute atomic E-state index is 0.174. The highest BCUT2D eigenvalue weighted by Gasteiger charge is 2.29. The Labute approximate surface area is 180 Å². The van der Waals surface area contributed by atoms with Crippen LogP contribution in [0.4, 0.5) is 5.69 Å². The molecule has 0 fully saturated rings. The van der Waals surface area contributed by atoms with Crippen LogP contribution in [0.1, 0.15) is 15.9 Å². The highest BCUT2D eigenvalue weighted by molar-refractivity contribution is 7.89. The number of nitrogens with zero attached hydrogens (tertiary/aromatic N) is 3. The lowest BCUT2D eigenvalue weighted by molar-refractivity contribution is 0.0991. The first-order valence-electron chi connectivity index (χ1n) is 10.0. The molecule has 1 aliphatic rings. The molecule has 1 aliphatic heterocycles. The molecule has 2 heterocycles. The van der Waals surface area contributed by atoms with E-state index < -0.39 is 10.0 Å². The van der Waals surface area contributed by atoms with Gasteiger partial charge in [-0.2, -0.15) is 0 Å². The smallest absolute Gasteiger partial charge is 0.260 e. The van der Waals surface area contributed by atoms with Crippen molar-refractivity contribution in [2.75, 3.05) is 25.5 Å². The predicted molar refractivity (Wildman–Crippen MR) is 122 cm³/mol. The van der Waals surface area contributed by atoms with Crippen LogP contribution in [0.25, 0.3) is 21.7 Å². The molecule has 0 atom stereocenters. The fourth-order valence-corrected chi connectivity index (χ4v) is 5.10. The summed E-state index contributed by atoms with van der Waals surface area (Å²) < 4.78 is 26.4. The maximum absolute atomic E-state index is 13.7. The minimum Gasteiger partial charge on any atom is -0.308 e. The molecule has 0 radical (unpaired) electrons. The largest absolute Gasteiger partial charge is 0.308 e. The van der Waals surface area contributed by atoms with E-state index in [0.29, 0.717) is 29.7 Å². The van der Waals surface area contributed by atoms with Crippen LogP contribution < -0.4 is 4.90 Å². The van der Waals surface area contributed by atoms with Gasteiger partial charge in [0, 0.05) is 37.9 Å². The number of amides is 1. The molecule has 1 amide bonds. The monoisotopic (exact) mass is 431 g/mol. The number of hydrogen-bond donors (Lipinski definition) is 0. The van der Waals surface area contributed by atoms with E-state index in [1.165, 1.54) is 18.4 Å². The van der Waals surface area contributed by atoms with E-state index in [4.69, 9.17) is 0 Å². The van der Waals surface area contributed by atoms with Gasteiger partial charge in [-0.1, -0.05) is 36.4 Å². The second kappa shape index (κ2) is 7.14. The van der Waals surface area contributed by atoms with Crippen molar-refractivity contribution >= 4 is 43.3 Å². The number of hydrogen-bond acceptors (Lipinski definition) is 4. The Bertz CT molecular complexity index is 1460. The molecule has 4 aromatic rings. The fourth-order valence-electron chi connectivity index (χ4n) is 4.18. The van der Waals surface area contributed by atoms with Crippen LogP contribution in [-0.4, -0.2) is 44.3 Å². The van der Waals surface area contributed by atoms with Gasteiger partial charge < -0.3 is 4.90 Å². The summed E-state index contributed by atoms with van der Waals surface area (Å²) in [6.45, 7) is 0.501. The quantitative estimate of drug-likeness (QED) is 0.462. The van der Waals surface area contributed by atoms with Crippen LogP contribution in [0.2, 0.25) is 0 Å². The number of carbonyl (C=O) groups is 1. The van der Waals surface area contributed by atoms with Gasteiger partial charge in [0.05, 0.1) is 16.0 Å². The molecule has 0 bridgehead atoms. The molecule has 0 spiro atoms. The van der Waals surface area contributed by atoms with Gasteiger partial charge in [-0.3, -0.25) is 9.78 Å². The zero-order valence-electron chi connectivity index (χ0n) is 17.2. The van der Waals surface area contributed by atoms with E-state index in [1.807, 2.05) is 42.5 Å². The normalized spacial score (nSPS) is 13.8. The second-order valence-corrected chi connectivity index (χ2v) is 9.98. The Kier molecular flexibility index (Phi) is 4.53. The van der Waals surface area contributed by atoms with Gasteiger partial charge in [0.25, 0.3) is 5.91 Å². The number of anilines is 1. The van der Waals surface area contributed by atoms with Crippen molar-refractivity contribution in [1.82, 2.24) is 9.29 Å². The first kappa shape index (κ1) is 19.7. The van der Waals surface area contributed by atoms with Crippen LogP contribution in [0.3, 0.4) is 0 Å². The average molecular weight is 432 g/mol. The number of sulfonamides is 1. The number of fused-ring (bicyclic) bond motifs is 4. The van der Waals surface area contributed by atoms with Gasteiger partial charge in [-0.25, -0.2) is 12.7 Å². The van der Waals surface area contributed by atoms with Gasteiger partial charge in [0.2, 0.25) is 10.0 Å². The van der Waals surface area contributed by atoms with Crippen molar-refractivity contribution in [2.45, 2.75) is 11.3 Å². The summed E-state index contributed by atoms with van der Waals surface area (Å²) in [5.41, 5.74) is 2.77. The van der Waals surface area contributed by atoms with Crippen molar-refractivity contribution in [2.24, 2.45) is 0 Å². The van der Waals surface area contributed by atoms with Crippen LogP contribution in [0, 0.1) is 0 Å². The summed E-state index contributed by atoms with van der Waals surface area (Å²) in [5.74, 6) is -0.174. The summed E-state index contributed by atoms with van der Waals surface area (Å²) in [5, 5.41) is 2.94. The van der Waals surface area contributed by atoms with E-state index in [-0.39, 0.29) is 10.8 Å². The lowest BCUT2D eigenvalue weighted by atomic mass is 10.00. The molecule has 0 saturated carbocycles. The van der Waals surface area contributed by atoms with Gasteiger partial charge >= 0.3 is 0 Å². The molecule has 0 N–H and O–H groups in total. The fraction of sp³-hybridized carbons (Fsp3) is 0.167. The molecule has 31 heavy (non-hydrogen) atoms. The molecule has 0 saturated heterocycles. The Hall–Kier alpha value is -3.29. The summed E-state index contributed by atoms with van der Waals surface area (Å²) in [4.78, 5) is 20.0. The van der Waals surface area contributed by atoms with Gasteiger partial charge in [0.15, 0.2) is 0 Å². The summed E-state index contributed by atoms with van der Waals surface area (Å²) in [6.07, 6.45) is 2.37. The molecule has 5 rings (SSSR count). The maximum Gasteiger partial charge on any atom is 0.260 e. The molecule has 0 unspecified atom stereocenters. The average Bonchev–Trinajstić information content (AvgIpc) is 3.21. The first-order valence-corrected chi connectivity index (χ1v) is 11.5. The van der Waals surface area contributed by atoms with Crippen molar-refractivity contribution in [1.29, 1.82) is 0 Å². The van der Waals surface area contributed by atoms with E-state index in [0.717, 1.165) is 21.7 Å². The zero-order valence-corrected chi connectivity index (χ0v) is 18.1. The van der Waals surface area contributed by atoms with Gasteiger partial charge in [-0.05, 0) is 47.0 Å². The Morgan fingerprint density at radius 2 is 1.77 bits per heavy atom. The van der Waals surface area contributed by atoms with E-state index in [1.54, 1.807) is 29.3 Å². The molecule has 6 nitrogen and oxygen atoms in total. The van der Waals surface area contributed by atoms with Crippen LogP contribution in [-0.2, 0) is 16.4 Å². The first-order chi connectivity index (χ1) is 14.9. The highest BCUT2D eigenvalue weighted by Crippen LogP contribution is 2.34. The molecule has 0 aliphatic carbocycles. The third kappa shape index (κ3) is 3.08. The van der Waals surface area contributed by atoms with E-state index in [2.05, 4.69) is 4.98 Å². The standard InChI is InChI=1S/C24H21N3O3S/c1-26(2)31(29,30)18-10-9-16-11-13-27(22(16)15-18)24(28)21-14-17-6-3-4-7-19(17)20-8-5-12-25-23(20)21/h3-10,12,14-15H,11,13H2,1-2H3. The van der Waals surface area contributed by atoms with Crippen molar-refractivity contribution < 1.29 is 13.2 Å². The Balaban J connectivity index is 1.66. The van der Waals surface area contributed by atoms with E-state index >= 15 is 0 Å². The maximum atomic E-state index is 13.7. The van der Waals surface area contributed by atoms with Crippen LogP contribution in [0.15, 0.2) is 71.8 Å². The number of benzene rings is 3. The van der Waals surface area contributed by atoms with Crippen LogP contribution in [0.5, 0.6) is 0 Å². The topological polar surface area (TPSA) is 70.6 Å². The Morgan fingerprint density at radius 3 is 2.58 bits per heavy atom. The molecular formula is C24H21N3O3S. The molecule has 7 heteroatoms. The van der Waals surface area contributed by atoms with E-state index in [9.17, 15) is 13.2 Å². The number of rotatable bonds is 3. The van der Waals surface area contributed by atoms with Crippen molar-refractivity contribution in [3.05, 3.63) is 78.0 Å². The SMILES string of the molecule is CN(C)S(=O)(=O)c1ccc2c(c1)N(C(=O)c1cc3ccccc3c3cccnc13)CC2. The number of carbonyl (C=O) groups excluding carboxylic acids is 1. The number of aromatic nitrogens is 1. The lowest BCUT2D eigenvalue weighted by Gasteiger charge is -2.20. The predicted octanol–water partition coefficient (Wildman–Crippen LogP) is 3.84. The summed E-state index contributed by atoms with van der Waals surface area (Å²) >= 11 is 0. The molecule has 3 aromatic carbocycles. The Morgan fingerprint density at radius 1 is 1.00 bits per heavy atom. The molecular weight excluding hydrogens is 410 g/mol. The zero-order chi connectivity index (χ0) is 21.8. The van der Waals surface area contributed by atoms with Crippen molar-refractivity contribution in [3.8, 4) is 0 Å². The second-order valence-electron chi connectivity index (χ2n) is 7.83. The van der Waals surface area contributed by atoms with Crippen LogP contribution >= 0.6 is 0 Å². The molecule has 1 aromatic heterocycles. The molecule has 156 valence electrons. The summed E-state index contributed by atoms with van der Waals surface area (Å²) in [6, 6.07) is 18.7. The third-order valence-corrected chi connectivity index (χ3v) is 7.63. The van der Waals surface area contributed by atoms with Gasteiger partial charge in [0.1, 0.15) is 0 Å². The van der Waals surface area contributed by atoms with Gasteiger partial charge in [-0.15, -0.1) is 0 Å². The lowest BCUT2D eigenvalue weighted by Crippen LogP contribution is -2.29.